The molecule has 0 radical (unpaired) electrons. The van der Waals surface area contributed by atoms with Crippen molar-refractivity contribution in [2.75, 3.05) is 0 Å². The van der Waals surface area contributed by atoms with Gasteiger partial charge < -0.3 is 0 Å². The third kappa shape index (κ3) is 4.24. The van der Waals surface area contributed by atoms with E-state index >= 15 is 0 Å². The van der Waals surface area contributed by atoms with Crippen LogP contribution in [-0.4, -0.2) is 14.8 Å². The first-order valence-electron chi connectivity index (χ1n) is 7.45. The third-order valence-electron chi connectivity index (χ3n) is 3.50. The van der Waals surface area contributed by atoms with Crippen molar-refractivity contribution >= 4 is 35.0 Å². The normalized spacial score (nSPS) is 10.8. The van der Waals surface area contributed by atoms with Crippen LogP contribution in [0.15, 0.2) is 60.3 Å². The average molecular weight is 394 g/mol. The summed E-state index contributed by atoms with van der Waals surface area (Å²) in [5, 5.41) is 10.5. The van der Waals surface area contributed by atoms with E-state index in [0.29, 0.717) is 28.2 Å². The molecule has 3 aromatic rings. The minimum atomic E-state index is -0.287. The molecule has 7 heteroatoms. The average Bonchev–Trinajstić information content (AvgIpc) is 2.98. The van der Waals surface area contributed by atoms with Crippen molar-refractivity contribution in [1.82, 2.24) is 14.8 Å². The Morgan fingerprint density at radius 2 is 1.88 bits per heavy atom. The summed E-state index contributed by atoms with van der Waals surface area (Å²) in [7, 11) is 0. The lowest BCUT2D eigenvalue weighted by atomic mass is 10.2. The van der Waals surface area contributed by atoms with E-state index in [2.05, 4.69) is 16.8 Å². The highest BCUT2D eigenvalue weighted by atomic mass is 35.5. The Bertz CT molecular complexity index is 894. The van der Waals surface area contributed by atoms with Gasteiger partial charge in [-0.1, -0.05) is 47.1 Å². The molecule has 0 atom stereocenters. The number of rotatable bonds is 6. The molecule has 0 bridgehead atoms. The second-order valence-electron chi connectivity index (χ2n) is 5.24. The molecule has 128 valence electrons. The van der Waals surface area contributed by atoms with Crippen LogP contribution in [0.25, 0.3) is 11.4 Å². The second-order valence-corrected chi connectivity index (χ2v) is 7.02. The molecule has 0 amide bonds. The first-order valence-corrected chi connectivity index (χ1v) is 9.19. The lowest BCUT2D eigenvalue weighted by Crippen LogP contribution is -2.00. The van der Waals surface area contributed by atoms with Gasteiger partial charge in [-0.3, -0.25) is 4.57 Å². The molecule has 0 saturated carbocycles. The van der Waals surface area contributed by atoms with Crippen molar-refractivity contribution in [2.45, 2.75) is 17.5 Å². The van der Waals surface area contributed by atoms with Gasteiger partial charge in [-0.2, -0.15) is 0 Å². The number of allylic oxidation sites excluding steroid dienone is 1. The quantitative estimate of drug-likeness (QED) is 0.387. The summed E-state index contributed by atoms with van der Waals surface area (Å²) >= 11 is 13.7. The van der Waals surface area contributed by atoms with Crippen LogP contribution >= 0.6 is 35.0 Å². The first-order chi connectivity index (χ1) is 12.1. The smallest absolute Gasteiger partial charge is 0.192 e. The lowest BCUT2D eigenvalue weighted by molar-refractivity contribution is 0.628. The molecule has 0 aliphatic heterocycles. The molecule has 2 aromatic carbocycles. The first kappa shape index (κ1) is 18.0. The molecular formula is C18H14Cl2FN3S. The summed E-state index contributed by atoms with van der Waals surface area (Å²) in [6.07, 6.45) is 1.77. The van der Waals surface area contributed by atoms with E-state index in [1.165, 1.54) is 23.9 Å². The highest BCUT2D eigenvalue weighted by Crippen LogP contribution is 2.30. The molecule has 0 saturated heterocycles. The number of thioether (sulfide) groups is 1. The fourth-order valence-electron chi connectivity index (χ4n) is 2.28. The van der Waals surface area contributed by atoms with Gasteiger partial charge >= 0.3 is 0 Å². The predicted molar refractivity (Wildman–Crippen MR) is 102 cm³/mol. The van der Waals surface area contributed by atoms with E-state index in [1.807, 2.05) is 16.7 Å². The SMILES string of the molecule is C=CCn1c(SCc2ccc(Cl)cc2Cl)nnc1-c1ccc(F)cc1. The number of benzene rings is 2. The molecule has 0 fully saturated rings. The van der Waals surface area contributed by atoms with Crippen LogP contribution in [0.5, 0.6) is 0 Å². The van der Waals surface area contributed by atoms with Crippen LogP contribution in [0, 0.1) is 5.82 Å². The molecular weight excluding hydrogens is 380 g/mol. The Labute approximate surface area is 159 Å². The van der Waals surface area contributed by atoms with Crippen LogP contribution in [0.1, 0.15) is 5.56 Å². The van der Waals surface area contributed by atoms with Gasteiger partial charge in [0.05, 0.1) is 0 Å². The van der Waals surface area contributed by atoms with E-state index < -0.39 is 0 Å². The van der Waals surface area contributed by atoms with Crippen molar-refractivity contribution < 1.29 is 4.39 Å². The Hall–Kier alpha value is -1.82. The van der Waals surface area contributed by atoms with Crippen molar-refractivity contribution in [3.05, 3.63) is 76.5 Å². The number of aromatic nitrogens is 3. The lowest BCUT2D eigenvalue weighted by Gasteiger charge is -2.08. The molecule has 3 rings (SSSR count). The zero-order valence-electron chi connectivity index (χ0n) is 13.1. The van der Waals surface area contributed by atoms with Crippen molar-refractivity contribution in [3.8, 4) is 11.4 Å². The van der Waals surface area contributed by atoms with Crippen molar-refractivity contribution in [3.63, 3.8) is 0 Å². The van der Waals surface area contributed by atoms with E-state index in [-0.39, 0.29) is 5.82 Å². The third-order valence-corrected chi connectivity index (χ3v) is 5.11. The van der Waals surface area contributed by atoms with Gasteiger partial charge in [0.2, 0.25) is 0 Å². The van der Waals surface area contributed by atoms with Crippen molar-refractivity contribution in [1.29, 1.82) is 0 Å². The fraction of sp³-hybridized carbons (Fsp3) is 0.111. The molecule has 1 heterocycles. The summed E-state index contributed by atoms with van der Waals surface area (Å²) in [4.78, 5) is 0. The van der Waals surface area contributed by atoms with Gasteiger partial charge in [0.1, 0.15) is 5.82 Å². The highest BCUT2D eigenvalue weighted by molar-refractivity contribution is 7.98. The summed E-state index contributed by atoms with van der Waals surface area (Å²) in [5.41, 5.74) is 1.76. The van der Waals surface area contributed by atoms with Gasteiger partial charge in [0.25, 0.3) is 0 Å². The zero-order valence-corrected chi connectivity index (χ0v) is 15.5. The van der Waals surface area contributed by atoms with E-state index in [4.69, 9.17) is 23.2 Å². The molecule has 0 spiro atoms. The molecule has 0 N–H and O–H groups in total. The van der Waals surface area contributed by atoms with Gasteiger partial charge in [-0.15, -0.1) is 16.8 Å². The summed E-state index contributed by atoms with van der Waals surface area (Å²) < 4.78 is 15.1. The number of hydrogen-bond donors (Lipinski definition) is 0. The topological polar surface area (TPSA) is 30.7 Å². The van der Waals surface area contributed by atoms with E-state index in [1.54, 1.807) is 24.3 Å². The maximum absolute atomic E-state index is 13.1. The monoisotopic (exact) mass is 393 g/mol. The Kier molecular flexibility index (Phi) is 5.78. The minimum absolute atomic E-state index is 0.287. The maximum atomic E-state index is 13.1. The summed E-state index contributed by atoms with van der Waals surface area (Å²) in [5.74, 6) is 1.02. The maximum Gasteiger partial charge on any atom is 0.192 e. The Morgan fingerprint density at radius 3 is 2.56 bits per heavy atom. The van der Waals surface area contributed by atoms with Crippen LogP contribution in [0.4, 0.5) is 4.39 Å². The number of nitrogens with zero attached hydrogens (tertiary/aromatic N) is 3. The summed E-state index contributed by atoms with van der Waals surface area (Å²) in [6.45, 7) is 4.34. The molecule has 0 unspecified atom stereocenters. The van der Waals surface area contributed by atoms with E-state index in [9.17, 15) is 4.39 Å². The molecule has 1 aromatic heterocycles. The van der Waals surface area contributed by atoms with E-state index in [0.717, 1.165) is 16.3 Å². The molecule has 25 heavy (non-hydrogen) atoms. The van der Waals surface area contributed by atoms with Crippen LogP contribution in [0.2, 0.25) is 10.0 Å². The van der Waals surface area contributed by atoms with Crippen molar-refractivity contribution in [2.24, 2.45) is 0 Å². The Balaban J connectivity index is 1.86. The standard InChI is InChI=1S/C18H14Cl2FN3S/c1-2-9-24-17(12-4-7-15(21)8-5-12)22-23-18(24)25-11-13-3-6-14(19)10-16(13)20/h2-8,10H,1,9,11H2. The predicted octanol–water partition coefficient (Wildman–Crippen LogP) is 5.87. The van der Waals surface area contributed by atoms with Crippen LogP contribution in [-0.2, 0) is 12.3 Å². The minimum Gasteiger partial charge on any atom is -0.298 e. The van der Waals surface area contributed by atoms with Crippen LogP contribution in [0.3, 0.4) is 0 Å². The number of halogens is 3. The summed E-state index contributed by atoms with van der Waals surface area (Å²) in [6, 6.07) is 11.6. The largest absolute Gasteiger partial charge is 0.298 e. The zero-order chi connectivity index (χ0) is 17.8. The van der Waals surface area contributed by atoms with Gasteiger partial charge in [-0.25, -0.2) is 4.39 Å². The van der Waals surface area contributed by atoms with Crippen LogP contribution < -0.4 is 0 Å². The molecule has 0 aliphatic rings. The van der Waals surface area contributed by atoms with Gasteiger partial charge in [0.15, 0.2) is 11.0 Å². The molecule has 3 nitrogen and oxygen atoms in total. The molecule has 0 aliphatic carbocycles. The highest BCUT2D eigenvalue weighted by Gasteiger charge is 2.14. The number of hydrogen-bond acceptors (Lipinski definition) is 3. The van der Waals surface area contributed by atoms with Gasteiger partial charge in [-0.05, 0) is 42.0 Å². The fourth-order valence-corrected chi connectivity index (χ4v) is 3.79. The second kappa shape index (κ2) is 8.04. The Morgan fingerprint density at radius 1 is 1.12 bits per heavy atom. The van der Waals surface area contributed by atoms with Gasteiger partial charge in [0, 0.05) is 27.9 Å².